The van der Waals surface area contributed by atoms with Gasteiger partial charge in [0.15, 0.2) is 0 Å². The van der Waals surface area contributed by atoms with E-state index in [9.17, 15) is 13.6 Å². The highest BCUT2D eigenvalue weighted by atomic mass is 19.1. The molecule has 4 rings (SSSR count). The average molecular weight is 356 g/mol. The Hall–Kier alpha value is -3.55. The number of hydrogen-bond acceptors (Lipinski definition) is 6. The molecule has 0 fully saturated rings. The van der Waals surface area contributed by atoms with Gasteiger partial charge < -0.3 is 13.7 Å². The Morgan fingerprint density at radius 3 is 2.58 bits per heavy atom. The molecule has 2 heterocycles. The number of hydrogen-bond donors (Lipinski definition) is 0. The molecule has 0 aliphatic carbocycles. The molecule has 4 aromatic rings. The summed E-state index contributed by atoms with van der Waals surface area (Å²) in [5.41, 5.74) is -0.832. The third-order valence-electron chi connectivity index (χ3n) is 3.78. The second kappa shape index (κ2) is 6.07. The number of halogens is 2. The van der Waals surface area contributed by atoms with Gasteiger partial charge in [0, 0.05) is 5.39 Å². The third kappa shape index (κ3) is 2.61. The Kier molecular flexibility index (Phi) is 3.72. The summed E-state index contributed by atoms with van der Waals surface area (Å²) >= 11 is 0. The zero-order valence-corrected chi connectivity index (χ0v) is 13.3. The number of ether oxygens (including phenoxy) is 1. The first-order chi connectivity index (χ1) is 12.6. The molecular formula is C18H10F2N2O4. The molecule has 0 aliphatic rings. The van der Waals surface area contributed by atoms with E-state index in [1.54, 1.807) is 18.2 Å². The molecular weight excluding hydrogens is 346 g/mol. The topological polar surface area (TPSA) is 78.4 Å². The van der Waals surface area contributed by atoms with Crippen LogP contribution in [0.2, 0.25) is 0 Å². The summed E-state index contributed by atoms with van der Waals surface area (Å²) in [6.07, 6.45) is 0. The molecule has 0 amide bonds. The molecule has 0 saturated heterocycles. The number of aromatic nitrogens is 2. The quantitative estimate of drug-likeness (QED) is 0.520. The zero-order chi connectivity index (χ0) is 18.3. The first-order valence-electron chi connectivity index (χ1n) is 7.47. The second-order valence-corrected chi connectivity index (χ2v) is 5.37. The van der Waals surface area contributed by atoms with Crippen molar-refractivity contribution < 1.29 is 22.5 Å². The molecule has 0 N–H and O–H groups in total. The normalized spacial score (nSPS) is 11.0. The van der Waals surface area contributed by atoms with E-state index in [1.165, 1.54) is 19.2 Å². The maximum Gasteiger partial charge on any atom is 0.349 e. The molecule has 130 valence electrons. The largest absolute Gasteiger partial charge is 0.497 e. The fourth-order valence-corrected chi connectivity index (χ4v) is 2.52. The minimum atomic E-state index is -0.840. The average Bonchev–Trinajstić information content (AvgIpc) is 3.10. The van der Waals surface area contributed by atoms with Crippen molar-refractivity contribution >= 4 is 11.0 Å². The van der Waals surface area contributed by atoms with Crippen molar-refractivity contribution in [3.8, 4) is 28.6 Å². The van der Waals surface area contributed by atoms with Crippen LogP contribution in [0.1, 0.15) is 0 Å². The van der Waals surface area contributed by atoms with Gasteiger partial charge in [0.05, 0.1) is 12.7 Å². The highest BCUT2D eigenvalue weighted by molar-refractivity contribution is 5.81. The summed E-state index contributed by atoms with van der Waals surface area (Å²) in [4.78, 5) is 16.1. The van der Waals surface area contributed by atoms with E-state index in [4.69, 9.17) is 13.7 Å². The third-order valence-corrected chi connectivity index (χ3v) is 3.78. The van der Waals surface area contributed by atoms with Crippen LogP contribution in [0.25, 0.3) is 33.8 Å². The van der Waals surface area contributed by atoms with Crippen LogP contribution in [0, 0.1) is 11.6 Å². The van der Waals surface area contributed by atoms with E-state index in [0.29, 0.717) is 16.7 Å². The monoisotopic (exact) mass is 356 g/mol. The summed E-state index contributed by atoms with van der Waals surface area (Å²) in [5.74, 6) is -1.63. The van der Waals surface area contributed by atoms with Crippen LogP contribution in [0.4, 0.5) is 8.78 Å². The van der Waals surface area contributed by atoms with Crippen LogP contribution >= 0.6 is 0 Å². The van der Waals surface area contributed by atoms with Gasteiger partial charge >= 0.3 is 5.63 Å². The van der Waals surface area contributed by atoms with Crippen molar-refractivity contribution in [1.29, 1.82) is 0 Å². The van der Waals surface area contributed by atoms with E-state index in [0.717, 1.165) is 12.1 Å². The summed E-state index contributed by atoms with van der Waals surface area (Å²) in [5, 5.41) is 4.13. The highest BCUT2D eigenvalue weighted by Gasteiger charge is 2.20. The van der Waals surface area contributed by atoms with Gasteiger partial charge in [-0.25, -0.2) is 13.6 Å². The maximum atomic E-state index is 13.9. The Morgan fingerprint density at radius 1 is 1.08 bits per heavy atom. The van der Waals surface area contributed by atoms with E-state index < -0.39 is 22.8 Å². The fourth-order valence-electron chi connectivity index (χ4n) is 2.52. The van der Waals surface area contributed by atoms with Gasteiger partial charge in [-0.1, -0.05) is 11.2 Å². The maximum absolute atomic E-state index is 13.9. The standard InChI is InChI=1S/C18H10F2N2O4/c1-24-10-5-6-14-9(7-10)8-11(18(23)25-14)17-21-16(22-26-17)15-12(19)3-2-4-13(15)20/h2-8H,1H3. The lowest BCUT2D eigenvalue weighted by atomic mass is 10.1. The van der Waals surface area contributed by atoms with Gasteiger partial charge in [-0.15, -0.1) is 0 Å². The summed E-state index contributed by atoms with van der Waals surface area (Å²) < 4.78 is 43.1. The number of nitrogens with zero attached hydrogens (tertiary/aromatic N) is 2. The van der Waals surface area contributed by atoms with Crippen molar-refractivity contribution in [2.24, 2.45) is 0 Å². The Labute approximate surface area is 144 Å². The lowest BCUT2D eigenvalue weighted by molar-refractivity contribution is 0.415. The SMILES string of the molecule is COc1ccc2oc(=O)c(-c3nc(-c4c(F)cccc4F)no3)cc2c1. The van der Waals surface area contributed by atoms with Crippen LogP contribution < -0.4 is 10.4 Å². The molecule has 0 atom stereocenters. The fraction of sp³-hybridized carbons (Fsp3) is 0.0556. The number of benzene rings is 2. The summed E-state index contributed by atoms with van der Waals surface area (Å²) in [7, 11) is 1.51. The van der Waals surface area contributed by atoms with Crippen LogP contribution in [0.5, 0.6) is 5.75 Å². The molecule has 0 saturated carbocycles. The Bertz CT molecular complexity index is 1160. The molecule has 0 radical (unpaired) electrons. The summed E-state index contributed by atoms with van der Waals surface area (Å²) in [6.45, 7) is 0. The molecule has 0 aliphatic heterocycles. The molecule has 0 bridgehead atoms. The zero-order valence-electron chi connectivity index (χ0n) is 13.3. The van der Waals surface area contributed by atoms with E-state index in [2.05, 4.69) is 10.1 Å². The Morgan fingerprint density at radius 2 is 1.85 bits per heavy atom. The predicted octanol–water partition coefficient (Wildman–Crippen LogP) is 3.80. The van der Waals surface area contributed by atoms with Crippen LogP contribution in [-0.2, 0) is 0 Å². The van der Waals surface area contributed by atoms with Crippen LogP contribution in [-0.4, -0.2) is 17.3 Å². The molecule has 26 heavy (non-hydrogen) atoms. The van der Waals surface area contributed by atoms with E-state index >= 15 is 0 Å². The number of methoxy groups -OCH3 is 1. The van der Waals surface area contributed by atoms with Gasteiger partial charge in [0.2, 0.25) is 5.82 Å². The van der Waals surface area contributed by atoms with Gasteiger partial charge in [-0.05, 0) is 36.4 Å². The van der Waals surface area contributed by atoms with Gasteiger partial charge in [-0.3, -0.25) is 0 Å². The lowest BCUT2D eigenvalue weighted by Gasteiger charge is -2.02. The van der Waals surface area contributed by atoms with E-state index in [1.807, 2.05) is 0 Å². The van der Waals surface area contributed by atoms with E-state index in [-0.39, 0.29) is 17.3 Å². The number of fused-ring (bicyclic) bond motifs is 1. The van der Waals surface area contributed by atoms with Crippen LogP contribution in [0.15, 0.2) is 56.2 Å². The minimum Gasteiger partial charge on any atom is -0.497 e. The van der Waals surface area contributed by atoms with Crippen molar-refractivity contribution in [3.63, 3.8) is 0 Å². The molecule has 6 nitrogen and oxygen atoms in total. The van der Waals surface area contributed by atoms with Crippen molar-refractivity contribution in [2.45, 2.75) is 0 Å². The smallest absolute Gasteiger partial charge is 0.349 e. The van der Waals surface area contributed by atoms with Crippen molar-refractivity contribution in [1.82, 2.24) is 10.1 Å². The van der Waals surface area contributed by atoms with Crippen molar-refractivity contribution in [3.05, 3.63) is 64.5 Å². The molecule has 2 aromatic heterocycles. The first-order valence-corrected chi connectivity index (χ1v) is 7.47. The molecule has 0 unspecified atom stereocenters. The van der Waals surface area contributed by atoms with Gasteiger partial charge in [0.25, 0.3) is 5.89 Å². The van der Waals surface area contributed by atoms with Crippen LogP contribution in [0.3, 0.4) is 0 Å². The van der Waals surface area contributed by atoms with Crippen molar-refractivity contribution in [2.75, 3.05) is 7.11 Å². The lowest BCUT2D eigenvalue weighted by Crippen LogP contribution is -2.03. The molecule has 0 spiro atoms. The van der Waals surface area contributed by atoms with Gasteiger partial charge in [-0.2, -0.15) is 4.98 Å². The predicted molar refractivity (Wildman–Crippen MR) is 87.7 cm³/mol. The first kappa shape index (κ1) is 15.9. The minimum absolute atomic E-state index is 0.0266. The second-order valence-electron chi connectivity index (χ2n) is 5.37. The summed E-state index contributed by atoms with van der Waals surface area (Å²) in [6, 6.07) is 9.76. The molecule has 2 aromatic carbocycles. The molecule has 8 heteroatoms. The Balaban J connectivity index is 1.85. The van der Waals surface area contributed by atoms with Gasteiger partial charge in [0.1, 0.15) is 28.5 Å². The number of rotatable bonds is 3. The highest BCUT2D eigenvalue weighted by Crippen LogP contribution is 2.27.